The minimum atomic E-state index is -0.320. The van der Waals surface area contributed by atoms with E-state index in [0.717, 1.165) is 55.1 Å². The van der Waals surface area contributed by atoms with Crippen LogP contribution in [-0.2, 0) is 11.2 Å². The summed E-state index contributed by atoms with van der Waals surface area (Å²) in [5.74, 6) is 1.62. The minimum Gasteiger partial charge on any atom is -0.497 e. The zero-order chi connectivity index (χ0) is 23.9. The number of hydrogen-bond acceptors (Lipinski definition) is 5. The molecule has 2 aromatic carbocycles. The average Bonchev–Trinajstić information content (AvgIpc) is 3.29. The van der Waals surface area contributed by atoms with Crippen LogP contribution in [0.25, 0.3) is 11.0 Å². The normalized spacial score (nSPS) is 15.2. The van der Waals surface area contributed by atoms with E-state index in [0.29, 0.717) is 18.8 Å². The number of para-hydroxylation sites is 2. The monoisotopic (exact) mass is 464 g/mol. The van der Waals surface area contributed by atoms with Crippen LogP contribution in [0.15, 0.2) is 48.5 Å². The van der Waals surface area contributed by atoms with Gasteiger partial charge in [0.05, 0.1) is 24.2 Å². The maximum absolute atomic E-state index is 12.8. The van der Waals surface area contributed by atoms with Crippen LogP contribution in [0.1, 0.15) is 24.4 Å². The number of aromatic nitrogens is 2. The average molecular weight is 465 g/mol. The maximum Gasteiger partial charge on any atom is 0.315 e. The Bertz CT molecular complexity index is 1070. The molecule has 0 radical (unpaired) electrons. The Labute approximate surface area is 199 Å². The highest BCUT2D eigenvalue weighted by Crippen LogP contribution is 2.21. The zero-order valence-electron chi connectivity index (χ0n) is 19.7. The lowest BCUT2D eigenvalue weighted by Crippen LogP contribution is -2.50. The number of methoxy groups -OCH3 is 1. The Morgan fingerprint density at radius 3 is 2.50 bits per heavy atom. The summed E-state index contributed by atoms with van der Waals surface area (Å²) in [7, 11) is 1.64. The Balaban J connectivity index is 1.36. The molecule has 1 saturated heterocycles. The molecule has 1 aromatic heterocycles. The minimum absolute atomic E-state index is 0.116. The Morgan fingerprint density at radius 1 is 1.09 bits per heavy atom. The molecular formula is C25H32N6O3. The van der Waals surface area contributed by atoms with Gasteiger partial charge in [0.1, 0.15) is 11.6 Å². The number of H-pyrrole nitrogens is 1. The second-order valence-electron chi connectivity index (χ2n) is 8.49. The molecule has 0 bridgehead atoms. The fourth-order valence-electron chi connectivity index (χ4n) is 4.17. The molecule has 0 spiro atoms. The Hall–Kier alpha value is -3.59. The molecule has 4 rings (SSSR count). The number of piperazine rings is 1. The van der Waals surface area contributed by atoms with Gasteiger partial charge in [0.2, 0.25) is 5.91 Å². The van der Waals surface area contributed by atoms with Crippen molar-refractivity contribution in [2.75, 3.05) is 46.4 Å². The highest BCUT2D eigenvalue weighted by Gasteiger charge is 2.21. The second kappa shape index (κ2) is 11.0. The third-order valence-electron chi connectivity index (χ3n) is 6.17. The molecule has 1 atom stereocenters. The van der Waals surface area contributed by atoms with E-state index in [4.69, 9.17) is 9.72 Å². The molecule has 0 unspecified atom stereocenters. The van der Waals surface area contributed by atoms with Crippen LogP contribution >= 0.6 is 0 Å². The summed E-state index contributed by atoms with van der Waals surface area (Å²) >= 11 is 0. The fraction of sp³-hybridized carbons (Fsp3) is 0.400. The van der Waals surface area contributed by atoms with Gasteiger partial charge in [-0.15, -0.1) is 0 Å². The van der Waals surface area contributed by atoms with Crippen LogP contribution < -0.4 is 15.4 Å². The van der Waals surface area contributed by atoms with E-state index in [2.05, 4.69) is 20.5 Å². The van der Waals surface area contributed by atoms with Crippen molar-refractivity contribution in [1.29, 1.82) is 0 Å². The van der Waals surface area contributed by atoms with Crippen LogP contribution in [0.5, 0.6) is 5.75 Å². The number of nitrogens with zero attached hydrogens (tertiary/aromatic N) is 3. The number of fused-ring (bicyclic) bond motifs is 1. The van der Waals surface area contributed by atoms with Crippen LogP contribution in [0, 0.1) is 0 Å². The largest absolute Gasteiger partial charge is 0.497 e. The van der Waals surface area contributed by atoms with E-state index < -0.39 is 0 Å². The third kappa shape index (κ3) is 6.05. The molecular weight excluding hydrogens is 432 g/mol. The van der Waals surface area contributed by atoms with Gasteiger partial charge in [-0.1, -0.05) is 24.3 Å². The maximum atomic E-state index is 12.8. The number of amides is 3. The molecule has 0 aliphatic carbocycles. The smallest absolute Gasteiger partial charge is 0.315 e. The molecule has 180 valence electrons. The summed E-state index contributed by atoms with van der Waals surface area (Å²) in [5.41, 5.74) is 2.86. The van der Waals surface area contributed by atoms with Crippen molar-refractivity contribution < 1.29 is 14.3 Å². The molecule has 0 saturated carbocycles. The van der Waals surface area contributed by atoms with E-state index in [1.165, 1.54) is 0 Å². The highest BCUT2D eigenvalue weighted by molar-refractivity contribution is 5.76. The summed E-state index contributed by atoms with van der Waals surface area (Å²) in [6.45, 7) is 5.99. The van der Waals surface area contributed by atoms with Gasteiger partial charge in [0.25, 0.3) is 0 Å². The lowest BCUT2D eigenvalue weighted by atomic mass is 10.1. The number of carbonyl (C=O) groups is 2. The zero-order valence-corrected chi connectivity index (χ0v) is 19.7. The number of rotatable bonds is 8. The van der Waals surface area contributed by atoms with Crippen molar-refractivity contribution in [2.45, 2.75) is 19.4 Å². The van der Waals surface area contributed by atoms with Crippen LogP contribution in [-0.4, -0.2) is 78.1 Å². The lowest BCUT2D eigenvalue weighted by molar-refractivity contribution is -0.130. The predicted octanol–water partition coefficient (Wildman–Crippen LogP) is 2.32. The first-order chi connectivity index (χ1) is 16.5. The number of ether oxygens (including phenoxy) is 1. The van der Waals surface area contributed by atoms with Crippen molar-refractivity contribution in [3.63, 3.8) is 0 Å². The van der Waals surface area contributed by atoms with Crippen molar-refractivity contribution in [2.24, 2.45) is 0 Å². The van der Waals surface area contributed by atoms with Gasteiger partial charge in [-0.05, 0) is 36.2 Å². The van der Waals surface area contributed by atoms with E-state index >= 15 is 0 Å². The summed E-state index contributed by atoms with van der Waals surface area (Å²) in [6.07, 6.45) is 0.588. The number of benzene rings is 2. The molecule has 3 N–H and O–H groups in total. The quantitative estimate of drug-likeness (QED) is 0.475. The number of hydrogen-bond donors (Lipinski definition) is 3. The van der Waals surface area contributed by atoms with Gasteiger partial charge < -0.3 is 25.3 Å². The molecule has 9 nitrogen and oxygen atoms in total. The molecule has 9 heteroatoms. The van der Waals surface area contributed by atoms with Gasteiger partial charge in [0.15, 0.2) is 0 Å². The lowest BCUT2D eigenvalue weighted by Gasteiger charge is -2.34. The van der Waals surface area contributed by atoms with Gasteiger partial charge in [-0.3, -0.25) is 9.69 Å². The number of carbonyl (C=O) groups excluding carboxylic acids is 2. The van der Waals surface area contributed by atoms with Crippen LogP contribution in [0.2, 0.25) is 0 Å². The van der Waals surface area contributed by atoms with Gasteiger partial charge in [-0.2, -0.15) is 0 Å². The van der Waals surface area contributed by atoms with Crippen LogP contribution in [0.4, 0.5) is 4.79 Å². The Kier molecular flexibility index (Phi) is 7.64. The third-order valence-corrected chi connectivity index (χ3v) is 6.17. The standard InChI is InChI=1S/C25H32N6O3/c1-18(32)31-15-13-30(14-16-31)12-11-26-25(33)29-23(17-19-7-9-20(34-2)10-8-19)24-27-21-5-3-4-6-22(21)28-24/h3-10,23H,11-17H2,1-2H3,(H,27,28)(H2,26,29,33)/t23-/m1/s1. The van der Waals surface area contributed by atoms with Crippen molar-refractivity contribution in [1.82, 2.24) is 30.4 Å². The molecule has 1 fully saturated rings. The first-order valence-corrected chi connectivity index (χ1v) is 11.6. The number of urea groups is 1. The topological polar surface area (TPSA) is 103 Å². The first kappa shape index (κ1) is 23.6. The van der Waals surface area contributed by atoms with Crippen molar-refractivity contribution >= 4 is 23.0 Å². The van der Waals surface area contributed by atoms with Gasteiger partial charge >= 0.3 is 6.03 Å². The summed E-state index contributed by atoms with van der Waals surface area (Å²) < 4.78 is 5.25. The van der Waals surface area contributed by atoms with E-state index in [1.54, 1.807) is 14.0 Å². The molecule has 3 amide bonds. The van der Waals surface area contributed by atoms with E-state index in [9.17, 15) is 9.59 Å². The van der Waals surface area contributed by atoms with Crippen molar-refractivity contribution in [3.05, 3.63) is 59.9 Å². The van der Waals surface area contributed by atoms with E-state index in [-0.39, 0.29) is 18.0 Å². The SMILES string of the molecule is COc1ccc(C[C@@H](NC(=O)NCCN2CCN(C(C)=O)CC2)c2nc3ccccc3[nH]2)cc1. The summed E-state index contributed by atoms with van der Waals surface area (Å²) in [6, 6.07) is 15.1. The molecule has 3 aromatic rings. The highest BCUT2D eigenvalue weighted by atomic mass is 16.5. The van der Waals surface area contributed by atoms with Crippen molar-refractivity contribution in [3.8, 4) is 5.75 Å². The second-order valence-corrected chi connectivity index (χ2v) is 8.49. The first-order valence-electron chi connectivity index (χ1n) is 11.6. The summed E-state index contributed by atoms with van der Waals surface area (Å²) in [5, 5.41) is 6.05. The molecule has 1 aliphatic rings. The predicted molar refractivity (Wildman–Crippen MR) is 131 cm³/mol. The fourth-order valence-corrected chi connectivity index (χ4v) is 4.17. The number of imidazole rings is 1. The van der Waals surface area contributed by atoms with E-state index in [1.807, 2.05) is 53.4 Å². The van der Waals surface area contributed by atoms with Gasteiger partial charge in [0, 0.05) is 46.2 Å². The number of aromatic amines is 1. The molecule has 2 heterocycles. The number of nitrogens with one attached hydrogen (secondary N) is 3. The molecule has 34 heavy (non-hydrogen) atoms. The van der Waals surface area contributed by atoms with Crippen LogP contribution in [0.3, 0.4) is 0 Å². The Morgan fingerprint density at radius 2 is 1.82 bits per heavy atom. The summed E-state index contributed by atoms with van der Waals surface area (Å²) in [4.78, 5) is 36.4. The molecule has 1 aliphatic heterocycles. The van der Waals surface area contributed by atoms with Gasteiger partial charge in [-0.25, -0.2) is 9.78 Å².